The second-order valence-corrected chi connectivity index (χ2v) is 23.5. The summed E-state index contributed by atoms with van der Waals surface area (Å²) in [5.74, 6) is 0. The highest BCUT2D eigenvalue weighted by atomic mass is 79.9. The molecule has 0 aliphatic heterocycles. The van der Waals surface area contributed by atoms with Gasteiger partial charge in [0.15, 0.2) is 0 Å². The largest absolute Gasteiger partial charge is 0.141 e. The number of rotatable bonds is 6. The molecule has 4 heteroatoms. The molecule has 31 heavy (non-hydrogen) atoms. The normalized spacial score (nSPS) is 12.5. The van der Waals surface area contributed by atoms with Crippen molar-refractivity contribution in [3.63, 3.8) is 0 Å². The van der Waals surface area contributed by atoms with E-state index in [1.165, 1.54) is 20.7 Å². The van der Waals surface area contributed by atoms with Crippen molar-refractivity contribution in [1.82, 2.24) is 0 Å². The van der Waals surface area contributed by atoms with Crippen molar-refractivity contribution in [2.24, 2.45) is 0 Å². The van der Waals surface area contributed by atoms with Crippen LogP contribution >= 0.6 is 31.9 Å². The molecule has 0 aliphatic carbocycles. The van der Waals surface area contributed by atoms with Crippen LogP contribution in [-0.2, 0) is 0 Å². The van der Waals surface area contributed by atoms with E-state index in [2.05, 4.69) is 166 Å². The summed E-state index contributed by atoms with van der Waals surface area (Å²) >= 11 is 8.83. The van der Waals surface area contributed by atoms with Crippen molar-refractivity contribution in [2.45, 2.75) is 15.6 Å². The van der Waals surface area contributed by atoms with Gasteiger partial charge < -0.3 is 0 Å². The minimum atomic E-state index is -2.34. The van der Waals surface area contributed by atoms with Crippen molar-refractivity contribution in [1.29, 1.82) is 0 Å². The van der Waals surface area contributed by atoms with Crippen LogP contribution in [0.1, 0.15) is 0 Å². The molecule has 4 aromatic carbocycles. The third kappa shape index (κ3) is 3.74. The van der Waals surface area contributed by atoms with Crippen LogP contribution < -0.4 is 20.7 Å². The van der Waals surface area contributed by atoms with E-state index in [9.17, 15) is 0 Å². The van der Waals surface area contributed by atoms with Gasteiger partial charge in [0, 0.05) is 0 Å². The van der Waals surface area contributed by atoms with Crippen LogP contribution in [0.3, 0.4) is 0 Å². The van der Waals surface area contributed by atoms with Gasteiger partial charge in [0.1, 0.15) is 16.1 Å². The second-order valence-electron chi connectivity index (χ2n) is 8.29. The number of alkyl halides is 2. The third-order valence-electron chi connectivity index (χ3n) is 6.66. The van der Waals surface area contributed by atoms with E-state index in [4.69, 9.17) is 0 Å². The maximum Gasteiger partial charge on any atom is 0.141 e. The maximum atomic E-state index is 4.41. The fourth-order valence-corrected chi connectivity index (χ4v) is 21.4. The van der Waals surface area contributed by atoms with E-state index in [0.29, 0.717) is 0 Å². The summed E-state index contributed by atoms with van der Waals surface area (Å²) < 4.78 is -0.272. The Bertz CT molecular complexity index is 945. The summed E-state index contributed by atoms with van der Waals surface area (Å²) in [6, 6.07) is 44.3. The second kappa shape index (κ2) is 9.03. The Morgan fingerprint density at radius 1 is 0.419 bits per heavy atom. The Kier molecular flexibility index (Phi) is 6.54. The van der Waals surface area contributed by atoms with Gasteiger partial charge in [-0.05, 0) is 0 Å². The Hall–Kier alpha value is -1.73. The molecule has 0 radical (unpaired) electrons. The lowest BCUT2D eigenvalue weighted by Crippen LogP contribution is -2.81. The number of hydrogen-bond acceptors (Lipinski definition) is 0. The molecule has 4 rings (SSSR count). The fourth-order valence-electron chi connectivity index (χ4n) is 4.64. The van der Waals surface area contributed by atoms with Gasteiger partial charge in [-0.15, -0.1) is 0 Å². The predicted octanol–water partition coefficient (Wildman–Crippen LogP) is 5.34. The van der Waals surface area contributed by atoms with E-state index >= 15 is 0 Å². The lowest BCUT2D eigenvalue weighted by Gasteiger charge is -2.50. The first-order chi connectivity index (χ1) is 14.9. The van der Waals surface area contributed by atoms with E-state index in [-0.39, 0.29) is 2.48 Å². The minimum absolute atomic E-state index is 0.272. The first kappa shape index (κ1) is 22.5. The zero-order valence-electron chi connectivity index (χ0n) is 17.8. The lowest BCUT2D eigenvalue weighted by molar-refractivity contribution is 1.50. The molecule has 0 saturated carbocycles. The summed E-state index contributed by atoms with van der Waals surface area (Å²) in [5.41, 5.74) is 0. The van der Waals surface area contributed by atoms with Gasteiger partial charge in [-0.25, -0.2) is 0 Å². The van der Waals surface area contributed by atoms with Gasteiger partial charge in [-0.1, -0.05) is 187 Å². The molecule has 0 nitrogen and oxygen atoms in total. The number of halogens is 2. The average Bonchev–Trinajstić information content (AvgIpc) is 2.85. The molecular weight excluding hydrogens is 540 g/mol. The molecule has 0 fully saturated rings. The average molecular weight is 566 g/mol. The summed E-state index contributed by atoms with van der Waals surface area (Å²) in [6.45, 7) is 5.00. The molecule has 0 spiro atoms. The molecular formula is C27H26Br2Si2. The SMILES string of the molecule is C[Si](c1ccccc1)(c1ccccc1)C(Br)(Br)[Si](C)(c1ccccc1)c1ccccc1. The lowest BCUT2D eigenvalue weighted by atomic mass is 10.4. The zero-order chi connectivity index (χ0) is 22.0. The van der Waals surface area contributed by atoms with E-state index < -0.39 is 16.1 Å². The van der Waals surface area contributed by atoms with Crippen LogP contribution in [0.4, 0.5) is 0 Å². The molecule has 0 aliphatic rings. The highest BCUT2D eigenvalue weighted by molar-refractivity contribution is 9.27. The number of hydrogen-bond donors (Lipinski definition) is 0. The molecule has 0 heterocycles. The quantitative estimate of drug-likeness (QED) is 0.219. The maximum absolute atomic E-state index is 4.41. The highest BCUT2D eigenvalue weighted by Crippen LogP contribution is 2.44. The molecule has 0 saturated heterocycles. The van der Waals surface area contributed by atoms with Gasteiger partial charge >= 0.3 is 0 Å². The van der Waals surface area contributed by atoms with E-state index in [1.807, 2.05) is 0 Å². The summed E-state index contributed by atoms with van der Waals surface area (Å²) in [7, 11) is -4.67. The molecule has 4 aromatic rings. The Labute approximate surface area is 204 Å². The minimum Gasteiger partial charge on any atom is -0.0784 e. The van der Waals surface area contributed by atoms with Crippen LogP contribution in [-0.4, -0.2) is 18.6 Å². The molecule has 0 N–H and O–H groups in total. The summed E-state index contributed by atoms with van der Waals surface area (Å²) in [5, 5.41) is 5.67. The van der Waals surface area contributed by atoms with E-state index in [0.717, 1.165) is 0 Å². The molecule has 0 bridgehead atoms. The molecule has 156 valence electrons. The Morgan fingerprint density at radius 3 is 0.806 bits per heavy atom. The Balaban J connectivity index is 2.05. The molecule has 0 amide bonds. The van der Waals surface area contributed by atoms with Gasteiger partial charge in [0.25, 0.3) is 0 Å². The molecule has 0 unspecified atom stereocenters. The van der Waals surface area contributed by atoms with Crippen molar-refractivity contribution < 1.29 is 0 Å². The van der Waals surface area contributed by atoms with Crippen molar-refractivity contribution in [2.75, 3.05) is 0 Å². The van der Waals surface area contributed by atoms with Crippen LogP contribution in [0.25, 0.3) is 0 Å². The summed E-state index contributed by atoms with van der Waals surface area (Å²) in [6.07, 6.45) is 0. The fraction of sp³-hybridized carbons (Fsp3) is 0.111. The summed E-state index contributed by atoms with van der Waals surface area (Å²) in [4.78, 5) is 0. The third-order valence-corrected chi connectivity index (χ3v) is 27.6. The monoisotopic (exact) mass is 564 g/mol. The van der Waals surface area contributed by atoms with Crippen molar-refractivity contribution in [3.8, 4) is 0 Å². The standard InChI is InChI=1S/C27H26Br2Si2/c1-30(23-15-7-3-8-16-23,24-17-9-4-10-18-24)27(28,29)31(2,25-19-11-5-12-20-25)26-21-13-6-14-22-26/h3-22H,1-2H3. The highest BCUT2D eigenvalue weighted by Gasteiger charge is 2.61. The van der Waals surface area contributed by atoms with Gasteiger partial charge in [-0.2, -0.15) is 0 Å². The number of benzene rings is 4. The topological polar surface area (TPSA) is 0 Å². The predicted molar refractivity (Wildman–Crippen MR) is 148 cm³/mol. The van der Waals surface area contributed by atoms with Gasteiger partial charge in [0.2, 0.25) is 0 Å². The van der Waals surface area contributed by atoms with Crippen molar-refractivity contribution in [3.05, 3.63) is 121 Å². The van der Waals surface area contributed by atoms with Crippen LogP contribution in [0.2, 0.25) is 13.1 Å². The molecule has 0 atom stereocenters. The van der Waals surface area contributed by atoms with Gasteiger partial charge in [0.05, 0.1) is 2.48 Å². The van der Waals surface area contributed by atoms with Crippen LogP contribution in [0.15, 0.2) is 121 Å². The first-order valence-corrected chi connectivity index (χ1v) is 17.1. The zero-order valence-corrected chi connectivity index (χ0v) is 23.0. The van der Waals surface area contributed by atoms with Crippen LogP contribution in [0, 0.1) is 0 Å². The van der Waals surface area contributed by atoms with Crippen LogP contribution in [0.5, 0.6) is 0 Å². The smallest absolute Gasteiger partial charge is 0.0784 e. The first-order valence-electron chi connectivity index (χ1n) is 10.5. The Morgan fingerprint density at radius 2 is 0.613 bits per heavy atom. The molecule has 0 aromatic heterocycles. The van der Waals surface area contributed by atoms with Crippen molar-refractivity contribution >= 4 is 68.8 Å². The van der Waals surface area contributed by atoms with E-state index in [1.54, 1.807) is 0 Å². The van der Waals surface area contributed by atoms with Gasteiger partial charge in [-0.3, -0.25) is 0 Å².